The normalized spacial score (nSPS) is 20.6. The summed E-state index contributed by atoms with van der Waals surface area (Å²) in [5, 5.41) is 19.1. The number of hydrogen-bond acceptors (Lipinski definition) is 5. The maximum atomic E-state index is 13.4. The van der Waals surface area contributed by atoms with Crippen molar-refractivity contribution < 1.29 is 18.3 Å². The van der Waals surface area contributed by atoms with Crippen molar-refractivity contribution in [2.75, 3.05) is 11.4 Å². The van der Waals surface area contributed by atoms with Gasteiger partial charge in [-0.3, -0.25) is 0 Å². The molecule has 3 rings (SSSR count). The van der Waals surface area contributed by atoms with Crippen LogP contribution in [0.5, 0.6) is 0 Å². The van der Waals surface area contributed by atoms with Gasteiger partial charge in [-0.2, -0.15) is 18.4 Å². The fourth-order valence-electron chi connectivity index (χ4n) is 3.11. The van der Waals surface area contributed by atoms with E-state index >= 15 is 0 Å². The maximum absolute atomic E-state index is 13.4. The second-order valence-corrected chi connectivity index (χ2v) is 5.95. The first-order valence-electron chi connectivity index (χ1n) is 7.66. The van der Waals surface area contributed by atoms with Crippen LogP contribution in [0, 0.1) is 18.3 Å². The molecule has 1 fully saturated rings. The highest BCUT2D eigenvalue weighted by atomic mass is 19.4. The van der Waals surface area contributed by atoms with Crippen LogP contribution in [-0.4, -0.2) is 27.7 Å². The molecule has 8 heteroatoms. The van der Waals surface area contributed by atoms with Crippen molar-refractivity contribution in [3.8, 4) is 6.07 Å². The summed E-state index contributed by atoms with van der Waals surface area (Å²) in [6.07, 6.45) is -5.17. The number of hydrogen-bond donors (Lipinski definition) is 1. The first kappa shape index (κ1) is 17.2. The molecule has 1 N–H and O–H groups in total. The number of aliphatic hydroxyl groups is 1. The lowest BCUT2D eigenvalue weighted by molar-refractivity contribution is -0.138. The number of benzene rings is 1. The van der Waals surface area contributed by atoms with Gasteiger partial charge in [-0.05, 0) is 31.0 Å². The average Bonchev–Trinajstić information content (AvgIpc) is 2.95. The highest BCUT2D eigenvalue weighted by molar-refractivity contribution is 5.45. The minimum Gasteiger partial charge on any atom is -0.391 e. The minimum atomic E-state index is -4.50. The molecule has 0 amide bonds. The van der Waals surface area contributed by atoms with Gasteiger partial charge >= 0.3 is 6.18 Å². The molecule has 2 unspecified atom stereocenters. The molecule has 2 heterocycles. The molecular formula is C17H15F3N4O. The Morgan fingerprint density at radius 1 is 1.28 bits per heavy atom. The summed E-state index contributed by atoms with van der Waals surface area (Å²) in [6, 6.07) is 7.98. The Morgan fingerprint density at radius 3 is 2.68 bits per heavy atom. The summed E-state index contributed by atoms with van der Waals surface area (Å²) in [5.41, 5.74) is -0.0139. The number of halogens is 3. The molecule has 0 radical (unpaired) electrons. The van der Waals surface area contributed by atoms with E-state index in [9.17, 15) is 18.3 Å². The summed E-state index contributed by atoms with van der Waals surface area (Å²) in [5.74, 6) is 0.148. The van der Waals surface area contributed by atoms with Crippen LogP contribution in [0.1, 0.15) is 35.0 Å². The van der Waals surface area contributed by atoms with E-state index in [4.69, 9.17) is 5.26 Å². The van der Waals surface area contributed by atoms with E-state index in [1.807, 2.05) is 6.07 Å². The molecule has 25 heavy (non-hydrogen) atoms. The molecule has 1 aromatic carbocycles. The Kier molecular flexibility index (Phi) is 4.35. The van der Waals surface area contributed by atoms with Crippen molar-refractivity contribution in [2.45, 2.75) is 31.7 Å². The molecule has 2 atom stereocenters. The Morgan fingerprint density at radius 2 is 2.00 bits per heavy atom. The van der Waals surface area contributed by atoms with Gasteiger partial charge in [-0.15, -0.1) is 0 Å². The Balaban J connectivity index is 2.08. The fraction of sp³-hybridized carbons (Fsp3) is 0.353. The highest BCUT2D eigenvalue weighted by Crippen LogP contribution is 2.41. The van der Waals surface area contributed by atoms with Crippen molar-refractivity contribution >= 4 is 5.95 Å². The number of aliphatic hydroxyl groups excluding tert-OH is 1. The monoisotopic (exact) mass is 348 g/mol. The van der Waals surface area contributed by atoms with Crippen LogP contribution >= 0.6 is 0 Å². The van der Waals surface area contributed by atoms with Gasteiger partial charge in [0.25, 0.3) is 0 Å². The summed E-state index contributed by atoms with van der Waals surface area (Å²) < 4.78 is 40.1. The van der Waals surface area contributed by atoms with Crippen LogP contribution in [0.15, 0.2) is 30.3 Å². The van der Waals surface area contributed by atoms with Crippen molar-refractivity contribution in [1.29, 1.82) is 5.26 Å². The molecule has 5 nitrogen and oxygen atoms in total. The van der Waals surface area contributed by atoms with Gasteiger partial charge < -0.3 is 10.0 Å². The summed E-state index contributed by atoms with van der Waals surface area (Å²) in [4.78, 5) is 9.87. The molecule has 1 aromatic heterocycles. The van der Waals surface area contributed by atoms with Gasteiger partial charge in [0.05, 0.1) is 17.7 Å². The molecular weight excluding hydrogens is 333 g/mol. The molecule has 1 aliphatic rings. The standard InChI is InChI=1S/C17H15F3N4O/c1-10-6-11(8-21)23-16(22-10)24-9-12(25)7-15(24)13-4-2-3-5-14(13)17(18,19)20/h2-6,12,15,25H,7,9H2,1H3. The van der Waals surface area contributed by atoms with Crippen molar-refractivity contribution in [3.05, 3.63) is 52.8 Å². The Hall–Kier alpha value is -2.66. The quantitative estimate of drug-likeness (QED) is 0.903. The van der Waals surface area contributed by atoms with Crippen molar-refractivity contribution in [3.63, 3.8) is 0 Å². The first-order chi connectivity index (χ1) is 11.8. The molecule has 0 bridgehead atoms. The van der Waals surface area contributed by atoms with Crippen molar-refractivity contribution in [2.24, 2.45) is 0 Å². The Labute approximate surface area is 142 Å². The lowest BCUT2D eigenvalue weighted by Gasteiger charge is -2.27. The predicted molar refractivity (Wildman–Crippen MR) is 83.6 cm³/mol. The van der Waals surface area contributed by atoms with Gasteiger partial charge in [0.2, 0.25) is 5.95 Å². The van der Waals surface area contributed by atoms with Crippen LogP contribution in [0.4, 0.5) is 19.1 Å². The molecule has 0 aliphatic carbocycles. The number of β-amino-alcohol motifs (C(OH)–C–C–N with tert-alkyl or cyclic N) is 1. The lowest BCUT2D eigenvalue weighted by atomic mass is 9.97. The zero-order chi connectivity index (χ0) is 18.2. The van der Waals surface area contributed by atoms with Crippen LogP contribution in [0.25, 0.3) is 0 Å². The summed E-state index contributed by atoms with van der Waals surface area (Å²) in [7, 11) is 0. The number of anilines is 1. The smallest absolute Gasteiger partial charge is 0.391 e. The van der Waals surface area contributed by atoms with Gasteiger partial charge in [0.1, 0.15) is 11.8 Å². The van der Waals surface area contributed by atoms with Crippen LogP contribution < -0.4 is 4.90 Å². The Bertz CT molecular complexity index is 831. The minimum absolute atomic E-state index is 0.0650. The van der Waals surface area contributed by atoms with Crippen LogP contribution in [-0.2, 0) is 6.18 Å². The summed E-state index contributed by atoms with van der Waals surface area (Å²) >= 11 is 0. The molecule has 1 saturated heterocycles. The van der Waals surface area contributed by atoms with Gasteiger partial charge in [-0.25, -0.2) is 9.97 Å². The predicted octanol–water partition coefficient (Wildman–Crippen LogP) is 2.99. The number of rotatable bonds is 2. The van der Waals surface area contributed by atoms with Crippen LogP contribution in [0.3, 0.4) is 0 Å². The largest absolute Gasteiger partial charge is 0.416 e. The highest BCUT2D eigenvalue weighted by Gasteiger charge is 2.40. The molecule has 2 aromatic rings. The zero-order valence-electron chi connectivity index (χ0n) is 13.3. The molecule has 0 saturated carbocycles. The SMILES string of the molecule is Cc1cc(C#N)nc(N2CC(O)CC2c2ccccc2C(F)(F)F)n1. The first-order valence-corrected chi connectivity index (χ1v) is 7.66. The second-order valence-electron chi connectivity index (χ2n) is 5.95. The van der Waals surface area contributed by atoms with Gasteiger partial charge in [0, 0.05) is 12.2 Å². The van der Waals surface area contributed by atoms with Gasteiger partial charge in [-0.1, -0.05) is 18.2 Å². The zero-order valence-corrected chi connectivity index (χ0v) is 13.3. The van der Waals surface area contributed by atoms with E-state index in [1.54, 1.807) is 6.92 Å². The van der Waals surface area contributed by atoms with Crippen LogP contribution in [0.2, 0.25) is 0 Å². The van der Waals surface area contributed by atoms with E-state index in [1.165, 1.54) is 29.2 Å². The number of nitrogens with zero attached hydrogens (tertiary/aromatic N) is 4. The third kappa shape index (κ3) is 3.42. The number of aryl methyl sites for hydroxylation is 1. The molecule has 130 valence electrons. The molecule has 0 spiro atoms. The average molecular weight is 348 g/mol. The van der Waals surface area contributed by atoms with E-state index in [2.05, 4.69) is 9.97 Å². The van der Waals surface area contributed by atoms with Crippen molar-refractivity contribution in [1.82, 2.24) is 9.97 Å². The lowest BCUT2D eigenvalue weighted by Crippen LogP contribution is -2.28. The number of aromatic nitrogens is 2. The fourth-order valence-corrected chi connectivity index (χ4v) is 3.11. The summed E-state index contributed by atoms with van der Waals surface area (Å²) in [6.45, 7) is 1.78. The van der Waals surface area contributed by atoms with E-state index < -0.39 is 23.9 Å². The van der Waals surface area contributed by atoms with E-state index in [-0.39, 0.29) is 30.2 Å². The number of nitriles is 1. The third-order valence-electron chi connectivity index (χ3n) is 4.12. The number of alkyl halides is 3. The third-order valence-corrected chi connectivity index (χ3v) is 4.12. The van der Waals surface area contributed by atoms with E-state index in [0.29, 0.717) is 5.69 Å². The second kappa shape index (κ2) is 6.33. The van der Waals surface area contributed by atoms with E-state index in [0.717, 1.165) is 6.07 Å². The van der Waals surface area contributed by atoms with Gasteiger partial charge in [0.15, 0.2) is 0 Å². The molecule has 1 aliphatic heterocycles. The maximum Gasteiger partial charge on any atom is 0.416 e. The topological polar surface area (TPSA) is 73.0 Å².